The standard InChI is InChI=1S/C39H50N8O8/c1-21(2)31(44-36(49)32(22(3)48)45-38(51)54-6)35-41-20-29(43-35)27-16-12-25(13-17-27)24-10-14-26(15-11-24)28-19-40-34(42-28)30-9-8-18-47(30)37(50)33(23(4)53-5)46-39(52)55-7/h10-17,19-23,30-33,48H,8-9,18H2,1-7H3,(H,40,42)(H,41,43)(H,44,49)(H,45,51)(H,46,52)/t22-,23-,30?,31+,32+,33+/m1/s1. The molecule has 55 heavy (non-hydrogen) atoms. The largest absolute Gasteiger partial charge is 0.453 e. The van der Waals surface area contributed by atoms with Crippen LogP contribution in [0.2, 0.25) is 0 Å². The van der Waals surface area contributed by atoms with Crippen LogP contribution in [0.3, 0.4) is 0 Å². The summed E-state index contributed by atoms with van der Waals surface area (Å²) in [4.78, 5) is 68.1. The number of nitrogens with one attached hydrogen (secondary N) is 5. The van der Waals surface area contributed by atoms with Crippen molar-refractivity contribution in [2.75, 3.05) is 27.9 Å². The third-order valence-electron chi connectivity index (χ3n) is 9.79. The molecule has 2 aromatic carbocycles. The van der Waals surface area contributed by atoms with Crippen LogP contribution in [0.15, 0.2) is 60.9 Å². The zero-order valence-electron chi connectivity index (χ0n) is 32.1. The summed E-state index contributed by atoms with van der Waals surface area (Å²) in [6.07, 6.45) is 1.90. The van der Waals surface area contributed by atoms with Crippen molar-refractivity contribution in [3.8, 4) is 33.6 Å². The second-order valence-electron chi connectivity index (χ2n) is 13.8. The minimum atomic E-state index is -1.20. The number of carbonyl (C=O) groups is 4. The van der Waals surface area contributed by atoms with Crippen molar-refractivity contribution in [1.82, 2.24) is 40.8 Å². The molecule has 0 radical (unpaired) electrons. The number of imidazole rings is 2. The number of hydrogen-bond acceptors (Lipinski definition) is 10. The molecule has 6 atom stereocenters. The van der Waals surface area contributed by atoms with Crippen LogP contribution in [0.25, 0.3) is 33.6 Å². The molecule has 0 aliphatic carbocycles. The highest BCUT2D eigenvalue weighted by molar-refractivity contribution is 5.87. The maximum atomic E-state index is 13.6. The van der Waals surface area contributed by atoms with E-state index < -0.39 is 48.4 Å². The quantitative estimate of drug-likeness (QED) is 0.106. The van der Waals surface area contributed by atoms with Gasteiger partial charge in [0, 0.05) is 37.2 Å². The number of ether oxygens (including phenoxy) is 3. The van der Waals surface area contributed by atoms with Crippen molar-refractivity contribution >= 4 is 24.0 Å². The molecule has 0 spiro atoms. The minimum Gasteiger partial charge on any atom is -0.453 e. The van der Waals surface area contributed by atoms with Gasteiger partial charge in [-0.15, -0.1) is 0 Å². The third-order valence-corrected chi connectivity index (χ3v) is 9.79. The van der Waals surface area contributed by atoms with E-state index in [0.29, 0.717) is 23.9 Å². The lowest BCUT2D eigenvalue weighted by Gasteiger charge is -2.30. The lowest BCUT2D eigenvalue weighted by atomic mass is 10.0. The van der Waals surface area contributed by atoms with E-state index in [1.165, 1.54) is 28.3 Å². The zero-order chi connectivity index (χ0) is 39.8. The second kappa shape index (κ2) is 18.1. The Morgan fingerprint density at radius 1 is 0.764 bits per heavy atom. The third kappa shape index (κ3) is 9.50. The molecule has 16 nitrogen and oxygen atoms in total. The van der Waals surface area contributed by atoms with E-state index in [1.807, 2.05) is 68.6 Å². The normalized spacial score (nSPS) is 16.8. The first-order chi connectivity index (χ1) is 26.3. The Hall–Kier alpha value is -5.74. The SMILES string of the molecule is COC(=O)N[C@H](C(=O)N[C@H](c1nc(-c2ccc(-c3ccc(-c4c[nH]c(C5CCCN5C(=O)[C@@H](NC(=O)OC)[C@@H](C)OC)n4)cc3)cc2)c[nH]1)C(C)C)[C@@H](C)O. The highest BCUT2D eigenvalue weighted by atomic mass is 16.5. The summed E-state index contributed by atoms with van der Waals surface area (Å²) < 4.78 is 14.7. The molecule has 1 aliphatic heterocycles. The number of rotatable bonds is 14. The Kier molecular flexibility index (Phi) is 13.3. The summed E-state index contributed by atoms with van der Waals surface area (Å²) in [5, 5.41) is 18.0. The van der Waals surface area contributed by atoms with Gasteiger partial charge in [-0.1, -0.05) is 62.4 Å². The Morgan fingerprint density at radius 2 is 1.29 bits per heavy atom. The number of hydrogen-bond donors (Lipinski definition) is 6. The first-order valence-electron chi connectivity index (χ1n) is 18.2. The maximum absolute atomic E-state index is 13.6. The van der Waals surface area contributed by atoms with Gasteiger partial charge in [0.05, 0.1) is 49.9 Å². The molecule has 1 saturated heterocycles. The Bertz CT molecular complexity index is 1920. The average Bonchev–Trinajstić information content (AvgIpc) is 3.99. The Morgan fingerprint density at radius 3 is 1.82 bits per heavy atom. The van der Waals surface area contributed by atoms with Crippen molar-refractivity contribution in [2.24, 2.45) is 5.92 Å². The number of nitrogens with zero attached hydrogens (tertiary/aromatic N) is 3. The van der Waals surface area contributed by atoms with Gasteiger partial charge in [0.25, 0.3) is 0 Å². The number of alkyl carbamates (subject to hydrolysis) is 2. The number of H-pyrrole nitrogens is 2. The van der Waals surface area contributed by atoms with Crippen LogP contribution in [0.4, 0.5) is 9.59 Å². The van der Waals surface area contributed by atoms with Crippen LogP contribution in [0, 0.1) is 5.92 Å². The number of benzene rings is 2. The fraction of sp³-hybridized carbons (Fsp3) is 0.436. The highest BCUT2D eigenvalue weighted by Gasteiger charge is 2.39. The van der Waals surface area contributed by atoms with Crippen molar-refractivity contribution in [1.29, 1.82) is 0 Å². The van der Waals surface area contributed by atoms with Crippen molar-refractivity contribution in [2.45, 2.75) is 76.9 Å². The molecule has 5 rings (SSSR count). The predicted molar refractivity (Wildman–Crippen MR) is 203 cm³/mol. The Labute approximate surface area is 319 Å². The van der Waals surface area contributed by atoms with Crippen LogP contribution in [-0.4, -0.2) is 106 Å². The van der Waals surface area contributed by atoms with E-state index in [9.17, 15) is 24.3 Å². The highest BCUT2D eigenvalue weighted by Crippen LogP contribution is 2.33. The van der Waals surface area contributed by atoms with Gasteiger partial charge in [-0.2, -0.15) is 0 Å². The van der Waals surface area contributed by atoms with E-state index in [4.69, 9.17) is 19.4 Å². The number of amides is 4. The minimum absolute atomic E-state index is 0.0599. The summed E-state index contributed by atoms with van der Waals surface area (Å²) in [5.74, 6) is 0.325. The summed E-state index contributed by atoms with van der Waals surface area (Å²) in [6.45, 7) is 7.53. The summed E-state index contributed by atoms with van der Waals surface area (Å²) >= 11 is 0. The van der Waals surface area contributed by atoms with Gasteiger partial charge in [0.2, 0.25) is 11.8 Å². The molecule has 1 fully saturated rings. The van der Waals surface area contributed by atoms with E-state index >= 15 is 0 Å². The topological polar surface area (TPSA) is 213 Å². The van der Waals surface area contributed by atoms with Crippen molar-refractivity contribution < 1.29 is 38.5 Å². The number of aromatic nitrogens is 4. The molecular formula is C39H50N8O8. The summed E-state index contributed by atoms with van der Waals surface area (Å²) in [7, 11) is 3.92. The maximum Gasteiger partial charge on any atom is 0.407 e. The molecule has 16 heteroatoms. The molecule has 2 aromatic heterocycles. The van der Waals surface area contributed by atoms with Crippen LogP contribution in [-0.2, 0) is 23.8 Å². The van der Waals surface area contributed by atoms with Gasteiger partial charge in [0.1, 0.15) is 23.7 Å². The van der Waals surface area contributed by atoms with E-state index in [0.717, 1.165) is 40.8 Å². The fourth-order valence-electron chi connectivity index (χ4n) is 6.55. The summed E-state index contributed by atoms with van der Waals surface area (Å²) in [6, 6.07) is 13.1. The molecule has 4 aromatic rings. The molecule has 294 valence electrons. The smallest absolute Gasteiger partial charge is 0.407 e. The number of methoxy groups -OCH3 is 3. The van der Waals surface area contributed by atoms with Gasteiger partial charge in [-0.25, -0.2) is 19.6 Å². The lowest BCUT2D eigenvalue weighted by Crippen LogP contribution is -2.54. The van der Waals surface area contributed by atoms with Crippen LogP contribution in [0.1, 0.15) is 64.3 Å². The van der Waals surface area contributed by atoms with Gasteiger partial charge in [0.15, 0.2) is 0 Å². The van der Waals surface area contributed by atoms with Crippen molar-refractivity contribution in [3.05, 3.63) is 72.6 Å². The molecule has 4 amide bonds. The number of aromatic amines is 2. The lowest BCUT2D eigenvalue weighted by molar-refractivity contribution is -0.137. The number of carbonyl (C=O) groups excluding carboxylic acids is 4. The Balaban J connectivity index is 1.25. The molecule has 0 saturated carbocycles. The van der Waals surface area contributed by atoms with Crippen LogP contribution >= 0.6 is 0 Å². The van der Waals surface area contributed by atoms with Crippen LogP contribution in [0.5, 0.6) is 0 Å². The summed E-state index contributed by atoms with van der Waals surface area (Å²) in [5.41, 5.74) is 5.23. The number of aliphatic hydroxyl groups is 1. The number of likely N-dealkylation sites (tertiary alicyclic amines) is 1. The van der Waals surface area contributed by atoms with Gasteiger partial charge in [-0.05, 0) is 43.7 Å². The van der Waals surface area contributed by atoms with Gasteiger partial charge >= 0.3 is 12.2 Å². The first-order valence-corrected chi connectivity index (χ1v) is 18.2. The second-order valence-corrected chi connectivity index (χ2v) is 13.8. The van der Waals surface area contributed by atoms with Crippen molar-refractivity contribution in [3.63, 3.8) is 0 Å². The van der Waals surface area contributed by atoms with E-state index in [1.54, 1.807) is 18.0 Å². The molecule has 3 heterocycles. The monoisotopic (exact) mass is 758 g/mol. The fourth-order valence-corrected chi connectivity index (χ4v) is 6.55. The molecule has 6 N–H and O–H groups in total. The molecule has 1 aliphatic rings. The number of aliphatic hydroxyl groups excluding tert-OH is 1. The van der Waals surface area contributed by atoms with Crippen LogP contribution < -0.4 is 16.0 Å². The van der Waals surface area contributed by atoms with Gasteiger partial charge < -0.3 is 50.1 Å². The predicted octanol–water partition coefficient (Wildman–Crippen LogP) is 4.48. The van der Waals surface area contributed by atoms with Gasteiger partial charge in [-0.3, -0.25) is 9.59 Å². The molecular weight excluding hydrogens is 708 g/mol. The molecule has 0 bridgehead atoms. The average molecular weight is 759 g/mol. The molecule has 1 unspecified atom stereocenters. The van der Waals surface area contributed by atoms with E-state index in [-0.39, 0.29) is 17.9 Å². The zero-order valence-corrected chi connectivity index (χ0v) is 32.1. The van der Waals surface area contributed by atoms with E-state index in [2.05, 4.69) is 30.7 Å². The first kappa shape index (κ1) is 40.4.